The Bertz CT molecular complexity index is 829. The van der Waals surface area contributed by atoms with Crippen LogP contribution in [0.2, 0.25) is 0 Å². The molecule has 2 rings (SSSR count). The smallest absolute Gasteiger partial charge is 0.253 e. The third-order valence-electron chi connectivity index (χ3n) is 3.89. The lowest BCUT2D eigenvalue weighted by Crippen LogP contribution is -2.37. The van der Waals surface area contributed by atoms with Crippen LogP contribution in [0, 0.1) is 0 Å². The maximum atomic E-state index is 12.5. The second-order valence-electron chi connectivity index (χ2n) is 5.61. The van der Waals surface area contributed by atoms with Crippen molar-refractivity contribution in [2.24, 2.45) is 0 Å². The van der Waals surface area contributed by atoms with Crippen LogP contribution >= 0.6 is 0 Å². The predicted octanol–water partition coefficient (Wildman–Crippen LogP) is 0.358. The summed E-state index contributed by atoms with van der Waals surface area (Å²) in [6.45, 7) is 0. The van der Waals surface area contributed by atoms with E-state index >= 15 is 0 Å². The molecule has 0 aliphatic carbocycles. The fourth-order valence-corrected chi connectivity index (χ4v) is 5.18. The largest absolute Gasteiger partial charge is 0.495 e. The second-order valence-corrected chi connectivity index (χ2v) is 9.82. The maximum absolute atomic E-state index is 12.5. The van der Waals surface area contributed by atoms with E-state index in [4.69, 9.17) is 4.74 Å². The van der Waals surface area contributed by atoms with Gasteiger partial charge < -0.3 is 9.64 Å². The molecule has 1 heterocycles. The van der Waals surface area contributed by atoms with Gasteiger partial charge in [0.25, 0.3) is 5.91 Å². The summed E-state index contributed by atoms with van der Waals surface area (Å²) in [6, 6.07) is 3.76. The van der Waals surface area contributed by atoms with E-state index < -0.39 is 31.6 Å². The van der Waals surface area contributed by atoms with Gasteiger partial charge >= 0.3 is 0 Å². The summed E-state index contributed by atoms with van der Waals surface area (Å²) in [4.78, 5) is 13.8. The first-order valence-corrected chi connectivity index (χ1v) is 10.6. The van der Waals surface area contributed by atoms with Crippen LogP contribution in [0.3, 0.4) is 0 Å². The first-order valence-electron chi connectivity index (χ1n) is 6.91. The highest BCUT2D eigenvalue weighted by Crippen LogP contribution is 2.26. The third-order valence-corrected chi connectivity index (χ3v) is 6.75. The Balaban J connectivity index is 2.33. The molecule has 1 aromatic rings. The lowest BCUT2D eigenvalue weighted by molar-refractivity contribution is 0.0747. The molecule has 1 atom stereocenters. The Morgan fingerprint density at radius 3 is 2.48 bits per heavy atom. The van der Waals surface area contributed by atoms with Crippen LogP contribution in [0.4, 0.5) is 0 Å². The number of methoxy groups -OCH3 is 1. The number of hydrogen-bond donors (Lipinski definition) is 0. The molecule has 0 aromatic heterocycles. The van der Waals surface area contributed by atoms with E-state index in [1.807, 2.05) is 0 Å². The summed E-state index contributed by atoms with van der Waals surface area (Å²) in [5.74, 6) is -0.258. The molecule has 0 spiro atoms. The van der Waals surface area contributed by atoms with Crippen molar-refractivity contribution in [2.45, 2.75) is 17.4 Å². The number of rotatable bonds is 4. The summed E-state index contributed by atoms with van der Waals surface area (Å²) in [7, 11) is -3.79. The van der Waals surface area contributed by atoms with Crippen molar-refractivity contribution >= 4 is 25.6 Å². The molecule has 23 heavy (non-hydrogen) atoms. The minimum absolute atomic E-state index is 0.0620. The molecule has 0 bridgehead atoms. The van der Waals surface area contributed by atoms with Crippen LogP contribution in [0.25, 0.3) is 0 Å². The van der Waals surface area contributed by atoms with Gasteiger partial charge in [0.2, 0.25) is 0 Å². The fraction of sp³-hybridized carbons (Fsp3) is 0.500. The van der Waals surface area contributed by atoms with Gasteiger partial charge in [-0.3, -0.25) is 4.79 Å². The van der Waals surface area contributed by atoms with Gasteiger partial charge in [0, 0.05) is 24.9 Å². The summed E-state index contributed by atoms with van der Waals surface area (Å²) in [5, 5.41) is 0. The van der Waals surface area contributed by atoms with E-state index in [9.17, 15) is 21.6 Å². The van der Waals surface area contributed by atoms with Crippen molar-refractivity contribution in [2.75, 3.05) is 31.9 Å². The Morgan fingerprint density at radius 1 is 1.35 bits per heavy atom. The number of nitrogens with zero attached hydrogens (tertiary/aromatic N) is 1. The monoisotopic (exact) mass is 361 g/mol. The highest BCUT2D eigenvalue weighted by atomic mass is 32.2. The quantitative estimate of drug-likeness (QED) is 0.768. The van der Waals surface area contributed by atoms with Crippen LogP contribution < -0.4 is 4.74 Å². The Hall–Kier alpha value is -1.61. The van der Waals surface area contributed by atoms with E-state index in [1.165, 1.54) is 37.3 Å². The fourth-order valence-electron chi connectivity index (χ4n) is 2.55. The molecule has 0 N–H and O–H groups in total. The maximum Gasteiger partial charge on any atom is 0.253 e. The first-order chi connectivity index (χ1) is 10.5. The summed E-state index contributed by atoms with van der Waals surface area (Å²) in [5.41, 5.74) is 0.179. The van der Waals surface area contributed by atoms with Crippen molar-refractivity contribution in [3.05, 3.63) is 23.8 Å². The summed E-state index contributed by atoms with van der Waals surface area (Å²) in [6.07, 6.45) is 1.42. The molecule has 1 amide bonds. The second kappa shape index (κ2) is 6.12. The molecule has 1 aromatic carbocycles. The van der Waals surface area contributed by atoms with Crippen LogP contribution in [0.1, 0.15) is 16.8 Å². The molecule has 0 saturated carbocycles. The molecular formula is C14H19NO6S2. The molecule has 1 aliphatic heterocycles. The topological polar surface area (TPSA) is 97.8 Å². The zero-order valence-corrected chi connectivity index (χ0v) is 14.8. The van der Waals surface area contributed by atoms with E-state index in [0.29, 0.717) is 6.42 Å². The number of hydrogen-bond acceptors (Lipinski definition) is 6. The molecule has 128 valence electrons. The SMILES string of the molecule is COc1ccc(C(=O)N(C)C2CCS(=O)(=O)C2)cc1S(C)(=O)=O. The Morgan fingerprint density at radius 2 is 2.00 bits per heavy atom. The zero-order valence-electron chi connectivity index (χ0n) is 13.1. The first kappa shape index (κ1) is 17.7. The zero-order chi connectivity index (χ0) is 17.4. The minimum atomic E-state index is -3.56. The molecule has 1 aliphatic rings. The van der Waals surface area contributed by atoms with Crippen molar-refractivity contribution in [3.8, 4) is 5.75 Å². The average molecular weight is 361 g/mol. The van der Waals surface area contributed by atoms with Gasteiger partial charge in [0.05, 0.1) is 18.6 Å². The van der Waals surface area contributed by atoms with Crippen molar-refractivity contribution in [1.29, 1.82) is 0 Å². The number of amides is 1. The molecule has 1 fully saturated rings. The number of sulfone groups is 2. The minimum Gasteiger partial charge on any atom is -0.495 e. The Labute approximate surface area is 136 Å². The average Bonchev–Trinajstić information content (AvgIpc) is 2.84. The highest BCUT2D eigenvalue weighted by Gasteiger charge is 2.33. The van der Waals surface area contributed by atoms with Crippen molar-refractivity contribution in [1.82, 2.24) is 4.90 Å². The molecular weight excluding hydrogens is 342 g/mol. The number of ether oxygens (including phenoxy) is 1. The normalized spacial score (nSPS) is 20.2. The van der Waals surface area contributed by atoms with Gasteiger partial charge in [-0.15, -0.1) is 0 Å². The third kappa shape index (κ3) is 3.84. The van der Waals surface area contributed by atoms with Gasteiger partial charge in [-0.25, -0.2) is 16.8 Å². The highest BCUT2D eigenvalue weighted by molar-refractivity contribution is 7.91. The summed E-state index contributed by atoms with van der Waals surface area (Å²) >= 11 is 0. The molecule has 1 saturated heterocycles. The van der Waals surface area contributed by atoms with E-state index in [-0.39, 0.29) is 27.7 Å². The van der Waals surface area contributed by atoms with Gasteiger partial charge in [0.1, 0.15) is 10.6 Å². The van der Waals surface area contributed by atoms with Crippen molar-refractivity contribution in [3.63, 3.8) is 0 Å². The van der Waals surface area contributed by atoms with Gasteiger partial charge in [-0.2, -0.15) is 0 Å². The molecule has 9 heteroatoms. The number of benzene rings is 1. The summed E-state index contributed by atoms with van der Waals surface area (Å²) < 4.78 is 51.7. The standard InChI is InChI=1S/C14H19NO6S2/c1-15(11-6-7-23(19,20)9-11)14(16)10-4-5-12(21-2)13(8-10)22(3,17)18/h4-5,8,11H,6-7,9H2,1-3H3. The Kier molecular flexibility index (Phi) is 4.72. The number of carbonyl (C=O) groups is 1. The number of carbonyl (C=O) groups excluding carboxylic acids is 1. The molecule has 0 radical (unpaired) electrons. The van der Waals surface area contributed by atoms with E-state index in [2.05, 4.69) is 0 Å². The van der Waals surface area contributed by atoms with Gasteiger partial charge in [-0.1, -0.05) is 0 Å². The van der Waals surface area contributed by atoms with E-state index in [0.717, 1.165) is 6.26 Å². The van der Waals surface area contributed by atoms with Crippen LogP contribution in [-0.2, 0) is 19.7 Å². The van der Waals surface area contributed by atoms with Gasteiger partial charge in [0.15, 0.2) is 19.7 Å². The lowest BCUT2D eigenvalue weighted by atomic mass is 10.1. The lowest BCUT2D eigenvalue weighted by Gasteiger charge is -2.23. The van der Waals surface area contributed by atoms with Crippen molar-refractivity contribution < 1.29 is 26.4 Å². The van der Waals surface area contributed by atoms with Gasteiger partial charge in [-0.05, 0) is 24.6 Å². The van der Waals surface area contributed by atoms with Crippen LogP contribution in [0.5, 0.6) is 5.75 Å². The molecule has 1 unspecified atom stereocenters. The van der Waals surface area contributed by atoms with Crippen LogP contribution in [0.15, 0.2) is 23.1 Å². The van der Waals surface area contributed by atoms with Crippen LogP contribution in [-0.4, -0.2) is 65.6 Å². The predicted molar refractivity (Wildman–Crippen MR) is 85.3 cm³/mol. The molecule has 7 nitrogen and oxygen atoms in total. The van der Waals surface area contributed by atoms with E-state index in [1.54, 1.807) is 0 Å².